The molecular formula is C21H23NO4. The van der Waals surface area contributed by atoms with Gasteiger partial charge in [0.15, 0.2) is 0 Å². The third-order valence-corrected chi connectivity index (χ3v) is 5.50. The number of benzene rings is 1. The highest BCUT2D eigenvalue weighted by atomic mass is 16.4. The van der Waals surface area contributed by atoms with Crippen LogP contribution in [0.5, 0.6) is 0 Å². The van der Waals surface area contributed by atoms with E-state index in [9.17, 15) is 9.59 Å². The monoisotopic (exact) mass is 353 g/mol. The maximum absolute atomic E-state index is 12.4. The van der Waals surface area contributed by atoms with Crippen molar-refractivity contribution in [2.24, 2.45) is 0 Å². The van der Waals surface area contributed by atoms with E-state index in [-0.39, 0.29) is 11.5 Å². The molecule has 3 aromatic rings. The van der Waals surface area contributed by atoms with Gasteiger partial charge in [-0.25, -0.2) is 4.79 Å². The molecule has 4 rings (SSSR count). The van der Waals surface area contributed by atoms with E-state index in [1.165, 1.54) is 12.8 Å². The Morgan fingerprint density at radius 2 is 1.92 bits per heavy atom. The molecule has 0 aliphatic heterocycles. The average molecular weight is 353 g/mol. The maximum atomic E-state index is 12.4. The summed E-state index contributed by atoms with van der Waals surface area (Å²) in [5.41, 5.74) is 3.37. The smallest absolute Gasteiger partial charge is 0.339 e. The fraction of sp³-hybridized carbons (Fsp3) is 0.429. The minimum absolute atomic E-state index is 0.0110. The summed E-state index contributed by atoms with van der Waals surface area (Å²) in [5.74, 6) is 0.0110. The molecule has 1 aliphatic carbocycles. The number of amides is 1. The van der Waals surface area contributed by atoms with Crippen LogP contribution in [0.2, 0.25) is 0 Å². The Morgan fingerprint density at radius 3 is 2.69 bits per heavy atom. The Balaban J connectivity index is 1.61. The summed E-state index contributed by atoms with van der Waals surface area (Å²) in [6.45, 7) is 3.91. The second-order valence-electron chi connectivity index (χ2n) is 7.31. The van der Waals surface area contributed by atoms with Gasteiger partial charge in [-0.3, -0.25) is 4.79 Å². The van der Waals surface area contributed by atoms with Crippen LogP contribution in [0, 0.1) is 13.8 Å². The molecule has 1 N–H and O–H groups in total. The zero-order chi connectivity index (χ0) is 18.3. The van der Waals surface area contributed by atoms with Gasteiger partial charge in [-0.15, -0.1) is 0 Å². The summed E-state index contributed by atoms with van der Waals surface area (Å²) in [7, 11) is 0. The maximum Gasteiger partial charge on any atom is 0.339 e. The largest absolute Gasteiger partial charge is 0.464 e. The van der Waals surface area contributed by atoms with Crippen molar-refractivity contribution >= 4 is 27.8 Å². The summed E-state index contributed by atoms with van der Waals surface area (Å²) >= 11 is 0. The highest BCUT2D eigenvalue weighted by molar-refractivity contribution is 5.96. The van der Waals surface area contributed by atoms with Crippen molar-refractivity contribution in [3.8, 4) is 0 Å². The quantitative estimate of drug-likeness (QED) is 0.715. The summed E-state index contributed by atoms with van der Waals surface area (Å²) < 4.78 is 11.0. The first-order valence-electron chi connectivity index (χ1n) is 9.26. The van der Waals surface area contributed by atoms with E-state index < -0.39 is 0 Å². The Kier molecular flexibility index (Phi) is 4.31. The van der Waals surface area contributed by atoms with Crippen LogP contribution in [0.4, 0.5) is 0 Å². The molecular weight excluding hydrogens is 330 g/mol. The van der Waals surface area contributed by atoms with Gasteiger partial charge in [-0.05, 0) is 50.3 Å². The van der Waals surface area contributed by atoms with Gasteiger partial charge in [-0.1, -0.05) is 12.8 Å². The lowest BCUT2D eigenvalue weighted by Crippen LogP contribution is -2.33. The first-order chi connectivity index (χ1) is 12.5. The molecule has 1 fully saturated rings. The molecule has 2 heterocycles. The zero-order valence-corrected chi connectivity index (χ0v) is 15.2. The number of nitrogens with one attached hydrogen (secondary N) is 1. The van der Waals surface area contributed by atoms with Crippen LogP contribution in [-0.2, 0) is 11.2 Å². The van der Waals surface area contributed by atoms with Gasteiger partial charge in [0.2, 0.25) is 5.91 Å². The number of rotatable bonds is 4. The summed E-state index contributed by atoms with van der Waals surface area (Å²) in [6, 6.07) is 4.07. The van der Waals surface area contributed by atoms with Crippen LogP contribution in [-0.4, -0.2) is 11.9 Å². The first-order valence-corrected chi connectivity index (χ1v) is 9.26. The van der Waals surface area contributed by atoms with Gasteiger partial charge >= 0.3 is 5.63 Å². The third kappa shape index (κ3) is 3.02. The van der Waals surface area contributed by atoms with E-state index in [1.807, 2.05) is 19.9 Å². The summed E-state index contributed by atoms with van der Waals surface area (Å²) in [6.07, 6.45) is 6.88. The summed E-state index contributed by atoms with van der Waals surface area (Å²) in [4.78, 5) is 24.6. The molecule has 1 saturated carbocycles. The molecule has 2 aromatic heterocycles. The molecule has 1 aromatic carbocycles. The highest BCUT2D eigenvalue weighted by Crippen LogP contribution is 2.29. The second-order valence-corrected chi connectivity index (χ2v) is 7.31. The molecule has 0 unspecified atom stereocenters. The van der Waals surface area contributed by atoms with Gasteiger partial charge in [0.05, 0.1) is 6.26 Å². The fourth-order valence-corrected chi connectivity index (χ4v) is 3.93. The molecule has 1 aliphatic rings. The highest BCUT2D eigenvalue weighted by Gasteiger charge is 2.19. The topological polar surface area (TPSA) is 72.5 Å². The zero-order valence-electron chi connectivity index (χ0n) is 15.2. The average Bonchev–Trinajstić information content (AvgIpc) is 3.23. The molecule has 0 radical (unpaired) electrons. The first kappa shape index (κ1) is 16.9. The van der Waals surface area contributed by atoms with E-state index in [1.54, 1.807) is 12.3 Å². The van der Waals surface area contributed by atoms with Crippen LogP contribution >= 0.6 is 0 Å². The lowest BCUT2D eigenvalue weighted by molar-refractivity contribution is -0.121. The Labute approximate surface area is 151 Å². The van der Waals surface area contributed by atoms with Gasteiger partial charge in [-0.2, -0.15) is 0 Å². The molecule has 5 heteroatoms. The van der Waals surface area contributed by atoms with Crippen LogP contribution in [0.25, 0.3) is 21.9 Å². The Bertz CT molecular complexity index is 1040. The van der Waals surface area contributed by atoms with Crippen LogP contribution < -0.4 is 10.9 Å². The fourth-order valence-electron chi connectivity index (χ4n) is 3.93. The van der Waals surface area contributed by atoms with Crippen molar-refractivity contribution in [3.63, 3.8) is 0 Å². The lowest BCUT2D eigenvalue weighted by atomic mass is 10.0. The molecule has 5 nitrogen and oxygen atoms in total. The number of carbonyl (C=O) groups is 1. The van der Waals surface area contributed by atoms with Crippen LogP contribution in [0.15, 0.2) is 32.0 Å². The van der Waals surface area contributed by atoms with Crippen molar-refractivity contribution in [3.05, 3.63) is 45.5 Å². The van der Waals surface area contributed by atoms with E-state index in [2.05, 4.69) is 5.32 Å². The van der Waals surface area contributed by atoms with Gasteiger partial charge in [0.1, 0.15) is 11.2 Å². The minimum atomic E-state index is -0.369. The van der Waals surface area contributed by atoms with Crippen molar-refractivity contribution in [2.75, 3.05) is 0 Å². The Morgan fingerprint density at radius 1 is 1.15 bits per heavy atom. The lowest BCUT2D eigenvalue weighted by Gasteiger charge is -2.12. The number of carbonyl (C=O) groups excluding carboxylic acids is 1. The molecule has 0 atom stereocenters. The molecule has 26 heavy (non-hydrogen) atoms. The van der Waals surface area contributed by atoms with Crippen molar-refractivity contribution in [1.82, 2.24) is 5.32 Å². The molecule has 0 bridgehead atoms. The van der Waals surface area contributed by atoms with Crippen molar-refractivity contribution in [1.29, 1.82) is 0 Å². The Hall–Kier alpha value is -2.56. The van der Waals surface area contributed by atoms with Crippen molar-refractivity contribution < 1.29 is 13.6 Å². The van der Waals surface area contributed by atoms with E-state index >= 15 is 0 Å². The molecule has 0 saturated heterocycles. The van der Waals surface area contributed by atoms with Gasteiger partial charge in [0.25, 0.3) is 0 Å². The minimum Gasteiger partial charge on any atom is -0.464 e. The standard InChI is InChI=1S/C21H23NO4/c1-12-11-25-18-10-19-17(9-16(12)18)13(2)15(21(24)26-19)7-8-20(23)22-14-5-3-4-6-14/h9-11,14H,3-8H2,1-2H3,(H,22,23). The van der Waals surface area contributed by atoms with Gasteiger partial charge in [0, 0.05) is 34.9 Å². The number of hydrogen-bond acceptors (Lipinski definition) is 4. The SMILES string of the molecule is Cc1coc2cc3oc(=O)c(CCC(=O)NC4CCCC4)c(C)c3cc12. The van der Waals surface area contributed by atoms with Crippen LogP contribution in [0.3, 0.4) is 0 Å². The number of aryl methyl sites for hydroxylation is 2. The number of furan rings is 1. The molecule has 1 amide bonds. The normalized spacial score (nSPS) is 15.2. The van der Waals surface area contributed by atoms with Crippen molar-refractivity contribution in [2.45, 2.75) is 58.4 Å². The number of hydrogen-bond donors (Lipinski definition) is 1. The van der Waals surface area contributed by atoms with E-state index in [0.29, 0.717) is 35.6 Å². The number of fused-ring (bicyclic) bond motifs is 2. The predicted octanol–water partition coefficient (Wildman–Crippen LogP) is 4.15. The molecule has 0 spiro atoms. The molecule has 136 valence electrons. The second kappa shape index (κ2) is 6.63. The van der Waals surface area contributed by atoms with Gasteiger partial charge < -0.3 is 14.2 Å². The predicted molar refractivity (Wildman–Crippen MR) is 100 cm³/mol. The third-order valence-electron chi connectivity index (χ3n) is 5.50. The van der Waals surface area contributed by atoms with E-state index in [0.717, 1.165) is 34.7 Å². The van der Waals surface area contributed by atoms with E-state index in [4.69, 9.17) is 8.83 Å². The van der Waals surface area contributed by atoms with Crippen LogP contribution in [0.1, 0.15) is 48.8 Å². The summed E-state index contributed by atoms with van der Waals surface area (Å²) in [5, 5.41) is 4.98.